The molecular formula is C19H25N3O4. The highest BCUT2D eigenvalue weighted by molar-refractivity contribution is 6.00. The molecule has 3 rings (SSSR count). The third kappa shape index (κ3) is 3.53. The van der Waals surface area contributed by atoms with Gasteiger partial charge in [0.05, 0.1) is 25.0 Å². The fourth-order valence-electron chi connectivity index (χ4n) is 3.61. The summed E-state index contributed by atoms with van der Waals surface area (Å²) in [6, 6.07) is 3.81. The minimum absolute atomic E-state index is 0.00731. The molecule has 3 heterocycles. The Bertz CT molecular complexity index is 773. The number of aromatic nitrogens is 1. The Morgan fingerprint density at radius 1 is 1.35 bits per heavy atom. The molecule has 0 aliphatic carbocycles. The fourth-order valence-corrected chi connectivity index (χ4v) is 3.61. The van der Waals surface area contributed by atoms with Crippen LogP contribution in [-0.2, 0) is 4.74 Å². The van der Waals surface area contributed by atoms with Crippen molar-refractivity contribution < 1.29 is 18.7 Å². The molecule has 1 fully saturated rings. The third-order valence-electron chi connectivity index (χ3n) is 4.96. The Labute approximate surface area is 152 Å². The van der Waals surface area contributed by atoms with Crippen LogP contribution in [-0.4, -0.2) is 48.5 Å². The van der Waals surface area contributed by atoms with E-state index in [4.69, 9.17) is 9.15 Å². The van der Waals surface area contributed by atoms with E-state index < -0.39 is 5.97 Å². The quantitative estimate of drug-likeness (QED) is 0.774. The lowest BCUT2D eigenvalue weighted by molar-refractivity contribution is 0.0599. The average Bonchev–Trinajstić information content (AvgIpc) is 3.37. The summed E-state index contributed by atoms with van der Waals surface area (Å²) in [5.74, 6) is 0.166. The maximum atomic E-state index is 12.7. The predicted octanol–water partition coefficient (Wildman–Crippen LogP) is 2.58. The molecule has 7 nitrogen and oxygen atoms in total. The SMILES string of the molecule is COC(=O)c1c(C)[nH]c(C(=O)NC[C@@H](c2ccco2)N2CCCC2)c1C. The number of furan rings is 1. The molecule has 2 aromatic heterocycles. The number of likely N-dealkylation sites (tertiary alicyclic amines) is 1. The van der Waals surface area contributed by atoms with Gasteiger partial charge in [-0.05, 0) is 57.5 Å². The Morgan fingerprint density at radius 3 is 2.69 bits per heavy atom. The second kappa shape index (κ2) is 7.78. The second-order valence-electron chi connectivity index (χ2n) is 6.60. The van der Waals surface area contributed by atoms with Gasteiger partial charge < -0.3 is 19.5 Å². The highest BCUT2D eigenvalue weighted by Crippen LogP contribution is 2.25. The molecule has 1 atom stereocenters. The summed E-state index contributed by atoms with van der Waals surface area (Å²) in [6.07, 6.45) is 3.96. The third-order valence-corrected chi connectivity index (χ3v) is 4.96. The molecule has 1 saturated heterocycles. The number of hydrogen-bond acceptors (Lipinski definition) is 5. The molecule has 0 unspecified atom stereocenters. The van der Waals surface area contributed by atoms with E-state index in [2.05, 4.69) is 15.2 Å². The molecule has 0 bridgehead atoms. The molecule has 1 aliphatic rings. The molecule has 0 aromatic carbocycles. The number of aryl methyl sites for hydroxylation is 1. The first-order chi connectivity index (χ1) is 12.5. The van der Waals surface area contributed by atoms with Gasteiger partial charge in [-0.15, -0.1) is 0 Å². The Balaban J connectivity index is 1.74. The number of hydrogen-bond donors (Lipinski definition) is 2. The van der Waals surface area contributed by atoms with Crippen molar-refractivity contribution in [3.8, 4) is 0 Å². The molecule has 1 aliphatic heterocycles. The summed E-state index contributed by atoms with van der Waals surface area (Å²) in [5, 5.41) is 2.98. The zero-order chi connectivity index (χ0) is 18.7. The molecule has 7 heteroatoms. The molecule has 2 aromatic rings. The number of H-pyrrole nitrogens is 1. The van der Waals surface area contributed by atoms with Gasteiger partial charge in [0.15, 0.2) is 0 Å². The molecule has 140 valence electrons. The first kappa shape index (κ1) is 18.3. The van der Waals surface area contributed by atoms with Crippen LogP contribution >= 0.6 is 0 Å². The van der Waals surface area contributed by atoms with Crippen LogP contribution in [0.5, 0.6) is 0 Å². The van der Waals surface area contributed by atoms with Crippen LogP contribution in [0.1, 0.15) is 56.7 Å². The molecule has 26 heavy (non-hydrogen) atoms. The lowest BCUT2D eigenvalue weighted by Crippen LogP contribution is -2.37. The summed E-state index contributed by atoms with van der Waals surface area (Å²) in [4.78, 5) is 29.9. The van der Waals surface area contributed by atoms with E-state index in [9.17, 15) is 9.59 Å². The van der Waals surface area contributed by atoms with Crippen molar-refractivity contribution in [2.45, 2.75) is 32.7 Å². The summed E-state index contributed by atoms with van der Waals surface area (Å²) < 4.78 is 10.4. The monoisotopic (exact) mass is 359 g/mol. The zero-order valence-corrected chi connectivity index (χ0v) is 15.4. The fraction of sp³-hybridized carbons (Fsp3) is 0.474. The van der Waals surface area contributed by atoms with E-state index >= 15 is 0 Å². The van der Waals surface area contributed by atoms with Gasteiger partial charge in [0.2, 0.25) is 0 Å². The van der Waals surface area contributed by atoms with Gasteiger partial charge in [-0.1, -0.05) is 0 Å². The lowest BCUT2D eigenvalue weighted by Gasteiger charge is -2.25. The number of aromatic amines is 1. The van der Waals surface area contributed by atoms with Crippen LogP contribution < -0.4 is 5.32 Å². The second-order valence-corrected chi connectivity index (χ2v) is 6.60. The van der Waals surface area contributed by atoms with Crippen molar-refractivity contribution in [3.63, 3.8) is 0 Å². The van der Waals surface area contributed by atoms with E-state index in [1.54, 1.807) is 20.1 Å². The van der Waals surface area contributed by atoms with Crippen LogP contribution in [0.3, 0.4) is 0 Å². The number of nitrogens with one attached hydrogen (secondary N) is 2. The molecule has 0 saturated carbocycles. The van der Waals surface area contributed by atoms with E-state index in [-0.39, 0.29) is 11.9 Å². The normalized spacial score (nSPS) is 15.8. The number of carbonyl (C=O) groups excluding carboxylic acids is 2. The predicted molar refractivity (Wildman–Crippen MR) is 96.2 cm³/mol. The van der Waals surface area contributed by atoms with E-state index in [1.807, 2.05) is 12.1 Å². The van der Waals surface area contributed by atoms with Gasteiger partial charge in [-0.3, -0.25) is 9.69 Å². The van der Waals surface area contributed by atoms with Gasteiger partial charge in [-0.2, -0.15) is 0 Å². The molecule has 2 N–H and O–H groups in total. The largest absolute Gasteiger partial charge is 0.468 e. The Hall–Kier alpha value is -2.54. The van der Waals surface area contributed by atoms with Crippen molar-refractivity contribution in [2.75, 3.05) is 26.7 Å². The van der Waals surface area contributed by atoms with Crippen molar-refractivity contribution >= 4 is 11.9 Å². The number of methoxy groups -OCH3 is 1. The smallest absolute Gasteiger partial charge is 0.339 e. The minimum Gasteiger partial charge on any atom is -0.468 e. The number of ether oxygens (including phenoxy) is 1. The first-order valence-electron chi connectivity index (χ1n) is 8.86. The van der Waals surface area contributed by atoms with Crippen LogP contribution in [0.2, 0.25) is 0 Å². The highest BCUT2D eigenvalue weighted by atomic mass is 16.5. The molecular weight excluding hydrogens is 334 g/mol. The maximum absolute atomic E-state index is 12.7. The summed E-state index contributed by atoms with van der Waals surface area (Å²) in [7, 11) is 1.33. The molecule has 0 spiro atoms. The van der Waals surface area contributed by atoms with Crippen LogP contribution in [0, 0.1) is 13.8 Å². The van der Waals surface area contributed by atoms with Crippen molar-refractivity contribution in [2.24, 2.45) is 0 Å². The standard InChI is InChI=1S/C19H25N3O4/c1-12-16(19(24)25-3)13(2)21-17(12)18(23)20-11-14(15-7-6-10-26-15)22-8-4-5-9-22/h6-7,10,14,21H,4-5,8-9,11H2,1-3H3,(H,20,23)/t14-/m0/s1. The molecule has 1 amide bonds. The Kier molecular flexibility index (Phi) is 5.46. The summed E-state index contributed by atoms with van der Waals surface area (Å²) in [5.41, 5.74) is 2.03. The van der Waals surface area contributed by atoms with Crippen molar-refractivity contribution in [3.05, 3.63) is 46.7 Å². The van der Waals surface area contributed by atoms with Crippen molar-refractivity contribution in [1.29, 1.82) is 0 Å². The maximum Gasteiger partial charge on any atom is 0.339 e. The van der Waals surface area contributed by atoms with E-state index in [0.717, 1.165) is 31.7 Å². The number of rotatable bonds is 6. The summed E-state index contributed by atoms with van der Waals surface area (Å²) in [6.45, 7) is 5.93. The van der Waals surface area contributed by atoms with Gasteiger partial charge in [-0.25, -0.2) is 4.79 Å². The highest BCUT2D eigenvalue weighted by Gasteiger charge is 2.27. The lowest BCUT2D eigenvalue weighted by atomic mass is 10.1. The van der Waals surface area contributed by atoms with Crippen LogP contribution in [0.4, 0.5) is 0 Å². The number of esters is 1. The first-order valence-corrected chi connectivity index (χ1v) is 8.86. The van der Waals surface area contributed by atoms with Gasteiger partial charge in [0, 0.05) is 12.2 Å². The van der Waals surface area contributed by atoms with E-state index in [1.165, 1.54) is 7.11 Å². The average molecular weight is 359 g/mol. The zero-order valence-electron chi connectivity index (χ0n) is 15.4. The topological polar surface area (TPSA) is 87.6 Å². The van der Waals surface area contributed by atoms with Crippen LogP contribution in [0.15, 0.2) is 22.8 Å². The summed E-state index contributed by atoms with van der Waals surface area (Å²) >= 11 is 0. The van der Waals surface area contributed by atoms with E-state index in [0.29, 0.717) is 29.1 Å². The van der Waals surface area contributed by atoms with Crippen LogP contribution in [0.25, 0.3) is 0 Å². The number of carbonyl (C=O) groups is 2. The Morgan fingerprint density at radius 2 is 2.08 bits per heavy atom. The number of amides is 1. The number of nitrogens with zero attached hydrogens (tertiary/aromatic N) is 1. The van der Waals surface area contributed by atoms with Gasteiger partial charge >= 0.3 is 5.97 Å². The van der Waals surface area contributed by atoms with Gasteiger partial charge in [0.25, 0.3) is 5.91 Å². The van der Waals surface area contributed by atoms with Gasteiger partial charge in [0.1, 0.15) is 11.5 Å². The van der Waals surface area contributed by atoms with Crippen molar-refractivity contribution in [1.82, 2.24) is 15.2 Å². The molecule has 0 radical (unpaired) electrons. The minimum atomic E-state index is -0.444.